The molecule has 0 saturated heterocycles. The van der Waals surface area contributed by atoms with Crippen LogP contribution in [0.4, 0.5) is 11.4 Å². The average molecular weight is 891 g/mol. The Balaban J connectivity index is 2.09. The molecular weight excluding hydrogens is 833 g/mol. The molecule has 0 spiro atoms. The molecule has 0 heterocycles. The fourth-order valence-electron chi connectivity index (χ4n) is 6.69. The highest BCUT2D eigenvalue weighted by molar-refractivity contribution is 7.92. The molecule has 16 nitrogen and oxygen atoms in total. The molecule has 0 aliphatic heterocycles. The minimum Gasteiger partial charge on any atom is -0.496 e. The quantitative estimate of drug-likeness (QED) is 0.0891. The van der Waals surface area contributed by atoms with Crippen molar-refractivity contribution in [2.24, 2.45) is 0 Å². The predicted molar refractivity (Wildman–Crippen MR) is 245 cm³/mol. The first-order valence-corrected chi connectivity index (χ1v) is 21.1. The summed E-state index contributed by atoms with van der Waals surface area (Å²) in [6.07, 6.45) is 6.25. The summed E-state index contributed by atoms with van der Waals surface area (Å²) >= 11 is 0. The topological polar surface area (TPSA) is 173 Å². The van der Waals surface area contributed by atoms with E-state index in [1.165, 1.54) is 69.0 Å². The lowest BCUT2D eigenvalue weighted by Gasteiger charge is -2.24. The summed E-state index contributed by atoms with van der Waals surface area (Å²) in [6.45, 7) is 0.115. The summed E-state index contributed by atoms with van der Waals surface area (Å²) in [6, 6.07) is 16.2. The maximum absolute atomic E-state index is 15.8. The Morgan fingerprint density at radius 3 is 1.10 bits per heavy atom. The lowest BCUT2D eigenvalue weighted by Crippen LogP contribution is -2.27. The number of hydrogen-bond acceptors (Lipinski definition) is 14. The lowest BCUT2D eigenvalue weighted by molar-refractivity contribution is -0.117. The Labute approximate surface area is 370 Å². The van der Waals surface area contributed by atoms with Crippen molar-refractivity contribution in [3.8, 4) is 46.0 Å². The van der Waals surface area contributed by atoms with Gasteiger partial charge in [-0.3, -0.25) is 9.59 Å². The molecule has 2 atom stereocenters. The molecule has 63 heavy (non-hydrogen) atoms. The zero-order valence-electron chi connectivity index (χ0n) is 37.9. The predicted octanol–water partition coefficient (Wildman–Crippen LogP) is 6.38. The highest BCUT2D eigenvalue weighted by Crippen LogP contribution is 2.44. The molecule has 2 unspecified atom stereocenters. The van der Waals surface area contributed by atoms with E-state index in [0.717, 1.165) is 0 Å². The zero-order chi connectivity index (χ0) is 46.4. The second kappa shape index (κ2) is 22.6. The summed E-state index contributed by atoms with van der Waals surface area (Å²) in [5, 5.41) is 2.89. The highest BCUT2D eigenvalue weighted by Gasteiger charge is 2.35. The van der Waals surface area contributed by atoms with E-state index in [1.807, 2.05) is 0 Å². The number of likely N-dealkylation sites (N-methyl/N-ethyl adjacent to an activating group) is 2. The van der Waals surface area contributed by atoms with E-state index in [-0.39, 0.29) is 47.4 Å². The van der Waals surface area contributed by atoms with Crippen LogP contribution in [0.2, 0.25) is 0 Å². The number of nitrogens with one attached hydrogen (secondary N) is 2. The number of ether oxygens (including phenoxy) is 8. The standard InChI is InChI=1S/C46H58N4O12S/c1-49(2)27-45(51)47-35-21-29(13-17-37(35)57-7)43(19-15-33-39(59-9)23-31(55-5)24-40(33)60-10)63(53,54)44(20-16-34-41(61-11)25-32(56-6)26-42(34)62-12)30-14-18-38(58-8)36(22-30)48-46(52)28-50(3)4/h13-26,43-44H,27-28H2,1-12H3,(H,47,51)(H,48,52). The van der Waals surface area contributed by atoms with E-state index in [0.29, 0.717) is 57.1 Å². The SMILES string of the molecule is COc1cc(OC)c(C=CC(c2ccc(OC)c(NC(=O)CN(C)C)c2)S(=O)(=O)C(C=Cc2c(OC)cc(OC)cc2OC)c2ccc(OC)c(NC(=O)CN(C)C)c2)c(OC)c1. The van der Waals surface area contributed by atoms with Crippen LogP contribution in [0.3, 0.4) is 0 Å². The number of sulfone groups is 1. The summed E-state index contributed by atoms with van der Waals surface area (Å²) < 4.78 is 76.6. The first-order chi connectivity index (χ1) is 30.1. The number of nitrogens with zero attached hydrogens (tertiary/aromatic N) is 2. The number of hydrogen-bond donors (Lipinski definition) is 2. The van der Waals surface area contributed by atoms with Crippen LogP contribution < -0.4 is 48.5 Å². The monoisotopic (exact) mass is 890 g/mol. The van der Waals surface area contributed by atoms with Crippen molar-refractivity contribution in [3.05, 3.63) is 95.1 Å². The number of methoxy groups -OCH3 is 8. The van der Waals surface area contributed by atoms with Crippen molar-refractivity contribution in [3.63, 3.8) is 0 Å². The van der Waals surface area contributed by atoms with Gasteiger partial charge in [0.05, 0.1) is 92.5 Å². The van der Waals surface area contributed by atoms with E-state index in [4.69, 9.17) is 37.9 Å². The van der Waals surface area contributed by atoms with Gasteiger partial charge in [0.2, 0.25) is 11.8 Å². The molecule has 4 rings (SSSR count). The number of anilines is 2. The molecule has 17 heteroatoms. The third kappa shape index (κ3) is 12.4. The Hall–Kier alpha value is -6.43. The minimum atomic E-state index is -4.49. The van der Waals surface area contributed by atoms with E-state index >= 15 is 8.42 Å². The van der Waals surface area contributed by atoms with Gasteiger partial charge in [-0.05, 0) is 75.7 Å². The van der Waals surface area contributed by atoms with Crippen LogP contribution in [-0.2, 0) is 19.4 Å². The van der Waals surface area contributed by atoms with Gasteiger partial charge < -0.3 is 58.3 Å². The van der Waals surface area contributed by atoms with Crippen molar-refractivity contribution in [2.45, 2.75) is 10.5 Å². The third-order valence-electron chi connectivity index (χ3n) is 9.66. The number of amides is 2. The summed E-state index contributed by atoms with van der Waals surface area (Å²) in [7, 11) is 14.4. The number of carbonyl (C=O) groups excluding carboxylic acids is 2. The first kappa shape index (κ1) is 49.2. The maximum atomic E-state index is 15.8. The average Bonchev–Trinajstić information content (AvgIpc) is 3.25. The normalized spacial score (nSPS) is 12.5. The van der Waals surface area contributed by atoms with Crippen molar-refractivity contribution in [2.75, 3.05) is 109 Å². The molecule has 0 aromatic heterocycles. The van der Waals surface area contributed by atoms with E-state index < -0.39 is 20.3 Å². The summed E-state index contributed by atoms with van der Waals surface area (Å²) in [5.41, 5.74) is 1.94. The van der Waals surface area contributed by atoms with Crippen LogP contribution in [0.15, 0.2) is 72.8 Å². The molecule has 4 aromatic rings. The fraction of sp³-hybridized carbons (Fsp3) is 0.348. The second-order valence-corrected chi connectivity index (χ2v) is 16.7. The number of benzene rings is 4. The summed E-state index contributed by atoms with van der Waals surface area (Å²) in [5.74, 6) is 2.28. The maximum Gasteiger partial charge on any atom is 0.238 e. The van der Waals surface area contributed by atoms with Crippen LogP contribution in [0, 0.1) is 0 Å². The highest BCUT2D eigenvalue weighted by atomic mass is 32.2. The van der Waals surface area contributed by atoms with Crippen molar-refractivity contribution in [1.82, 2.24) is 9.80 Å². The lowest BCUT2D eigenvalue weighted by atomic mass is 10.1. The number of carbonyl (C=O) groups is 2. The Kier molecular flexibility index (Phi) is 17.7. The van der Waals surface area contributed by atoms with E-state index in [1.54, 1.807) is 111 Å². The zero-order valence-corrected chi connectivity index (χ0v) is 38.7. The molecular formula is C46H58N4O12S. The van der Waals surface area contributed by atoms with Crippen molar-refractivity contribution < 1.29 is 55.9 Å². The summed E-state index contributed by atoms with van der Waals surface area (Å²) in [4.78, 5) is 29.6. The smallest absolute Gasteiger partial charge is 0.238 e. The van der Waals surface area contributed by atoms with Crippen LogP contribution in [-0.4, -0.2) is 128 Å². The van der Waals surface area contributed by atoms with E-state index in [2.05, 4.69) is 10.6 Å². The van der Waals surface area contributed by atoms with Gasteiger partial charge >= 0.3 is 0 Å². The second-order valence-electron chi connectivity index (χ2n) is 14.5. The molecule has 2 N–H and O–H groups in total. The van der Waals surface area contributed by atoms with Crippen LogP contribution in [0.1, 0.15) is 32.8 Å². The molecule has 0 saturated carbocycles. The minimum absolute atomic E-state index is 0.0576. The van der Waals surface area contributed by atoms with Gasteiger partial charge in [0, 0.05) is 24.3 Å². The van der Waals surface area contributed by atoms with Crippen LogP contribution in [0.25, 0.3) is 12.2 Å². The molecule has 0 radical (unpaired) electrons. The van der Waals surface area contributed by atoms with Crippen LogP contribution >= 0.6 is 0 Å². The molecule has 4 aromatic carbocycles. The molecule has 2 amide bonds. The van der Waals surface area contributed by atoms with Gasteiger partial charge in [-0.25, -0.2) is 8.42 Å². The van der Waals surface area contributed by atoms with Gasteiger partial charge in [0.1, 0.15) is 56.5 Å². The molecule has 0 bridgehead atoms. The number of rotatable bonds is 22. The Bertz CT molecular complexity index is 2190. The molecule has 0 aliphatic carbocycles. The van der Waals surface area contributed by atoms with Gasteiger partial charge in [0.25, 0.3) is 0 Å². The van der Waals surface area contributed by atoms with Crippen molar-refractivity contribution in [1.29, 1.82) is 0 Å². The molecule has 0 fully saturated rings. The van der Waals surface area contributed by atoms with Gasteiger partial charge in [-0.1, -0.05) is 24.3 Å². The van der Waals surface area contributed by atoms with Gasteiger partial charge in [-0.2, -0.15) is 0 Å². The third-order valence-corrected chi connectivity index (χ3v) is 11.9. The van der Waals surface area contributed by atoms with Crippen molar-refractivity contribution >= 4 is 45.2 Å². The largest absolute Gasteiger partial charge is 0.496 e. The van der Waals surface area contributed by atoms with Gasteiger partial charge in [0.15, 0.2) is 9.84 Å². The first-order valence-electron chi connectivity index (χ1n) is 19.5. The molecule has 340 valence electrons. The Morgan fingerprint density at radius 2 is 0.825 bits per heavy atom. The van der Waals surface area contributed by atoms with Gasteiger partial charge in [-0.15, -0.1) is 0 Å². The Morgan fingerprint density at radius 1 is 0.508 bits per heavy atom. The fourth-order valence-corrected chi connectivity index (χ4v) is 8.66. The van der Waals surface area contributed by atoms with Crippen LogP contribution in [0.5, 0.6) is 46.0 Å². The molecule has 0 aliphatic rings. The van der Waals surface area contributed by atoms with E-state index in [9.17, 15) is 9.59 Å².